The Bertz CT molecular complexity index is 93.1. The maximum atomic E-state index is 4.81. The van der Waals surface area contributed by atoms with Crippen molar-refractivity contribution < 1.29 is 0 Å². The Labute approximate surface area is 42.6 Å². The smallest absolute Gasteiger partial charge is 0.0811 e. The van der Waals surface area contributed by atoms with Gasteiger partial charge in [0.25, 0.3) is 0 Å². The predicted molar refractivity (Wildman–Crippen MR) is 26.7 cm³/mol. The zero-order chi connectivity index (χ0) is 5.33. The summed E-state index contributed by atoms with van der Waals surface area (Å²) in [6.07, 6.45) is 2.29. The summed E-state index contributed by atoms with van der Waals surface area (Å²) >= 11 is 0. The van der Waals surface area contributed by atoms with Gasteiger partial charge in [0.2, 0.25) is 0 Å². The summed E-state index contributed by atoms with van der Waals surface area (Å²) in [6, 6.07) is 0. The first kappa shape index (κ1) is 4.56. The van der Waals surface area contributed by atoms with Gasteiger partial charge in [-0.25, -0.2) is 0 Å². The third-order valence-corrected chi connectivity index (χ3v) is 1.27. The molecule has 3 heteroatoms. The van der Waals surface area contributed by atoms with E-state index in [9.17, 15) is 0 Å². The minimum absolute atomic E-state index is 0.134. The highest BCUT2D eigenvalue weighted by atomic mass is 15.3. The van der Waals surface area contributed by atoms with Crippen LogP contribution in [-0.2, 0) is 0 Å². The molecular formula is C4H9N3. The van der Waals surface area contributed by atoms with Crippen LogP contribution < -0.4 is 5.84 Å². The number of hydrogen-bond acceptors (Lipinski definition) is 2. The highest BCUT2D eigenvalue weighted by molar-refractivity contribution is 4.96. The Morgan fingerprint density at radius 2 is 2.14 bits per heavy atom. The van der Waals surface area contributed by atoms with E-state index in [1.54, 1.807) is 0 Å². The van der Waals surface area contributed by atoms with Gasteiger partial charge >= 0.3 is 0 Å². The molecule has 1 aliphatic rings. The van der Waals surface area contributed by atoms with Gasteiger partial charge in [0.05, 0.1) is 5.54 Å². The van der Waals surface area contributed by atoms with Gasteiger partial charge < -0.3 is 5.84 Å². The SMILES string of the molecule is CC1(N=NN)CC1. The summed E-state index contributed by atoms with van der Waals surface area (Å²) in [5, 5.41) is 6.97. The Hall–Kier alpha value is -0.600. The summed E-state index contributed by atoms with van der Waals surface area (Å²) in [5.74, 6) is 4.81. The first-order chi connectivity index (χ1) is 3.27. The minimum Gasteiger partial charge on any atom is -0.305 e. The molecule has 0 aliphatic heterocycles. The molecule has 3 nitrogen and oxygen atoms in total. The van der Waals surface area contributed by atoms with Gasteiger partial charge in [-0.2, -0.15) is 5.11 Å². The van der Waals surface area contributed by atoms with Crippen molar-refractivity contribution in [3.8, 4) is 0 Å². The van der Waals surface area contributed by atoms with Gasteiger partial charge in [-0.15, -0.1) is 0 Å². The van der Waals surface area contributed by atoms with Crippen LogP contribution in [0.4, 0.5) is 0 Å². The van der Waals surface area contributed by atoms with Crippen LogP contribution in [0.5, 0.6) is 0 Å². The summed E-state index contributed by atoms with van der Waals surface area (Å²) in [6.45, 7) is 2.04. The summed E-state index contributed by atoms with van der Waals surface area (Å²) in [5.41, 5.74) is 0.134. The third-order valence-electron chi connectivity index (χ3n) is 1.27. The highest BCUT2D eigenvalue weighted by Gasteiger charge is 2.37. The molecule has 0 aromatic heterocycles. The van der Waals surface area contributed by atoms with E-state index in [1.165, 1.54) is 0 Å². The largest absolute Gasteiger partial charge is 0.305 e. The average molecular weight is 99.1 g/mol. The second-order valence-corrected chi connectivity index (χ2v) is 2.21. The van der Waals surface area contributed by atoms with Gasteiger partial charge in [-0.1, -0.05) is 5.22 Å². The Balaban J connectivity index is 2.40. The van der Waals surface area contributed by atoms with Crippen LogP contribution in [0, 0.1) is 0 Å². The molecule has 0 amide bonds. The lowest BCUT2D eigenvalue weighted by atomic mass is 10.4. The Kier molecular flexibility index (Phi) is 0.770. The highest BCUT2D eigenvalue weighted by Crippen LogP contribution is 2.38. The van der Waals surface area contributed by atoms with Crippen molar-refractivity contribution in [2.45, 2.75) is 25.3 Å². The van der Waals surface area contributed by atoms with Gasteiger partial charge in [0, 0.05) is 0 Å². The quantitative estimate of drug-likeness (QED) is 0.296. The number of rotatable bonds is 1. The molecular weight excluding hydrogens is 90.1 g/mol. The molecule has 0 radical (unpaired) electrons. The van der Waals surface area contributed by atoms with Crippen molar-refractivity contribution in [1.29, 1.82) is 0 Å². The predicted octanol–water partition coefficient (Wildman–Crippen LogP) is 0.865. The zero-order valence-electron chi connectivity index (χ0n) is 4.39. The van der Waals surface area contributed by atoms with Crippen LogP contribution in [0.25, 0.3) is 0 Å². The fraction of sp³-hybridized carbons (Fsp3) is 1.00. The fourth-order valence-electron chi connectivity index (χ4n) is 0.420. The lowest BCUT2D eigenvalue weighted by molar-refractivity contribution is 0.691. The molecule has 0 bridgehead atoms. The summed E-state index contributed by atoms with van der Waals surface area (Å²) in [4.78, 5) is 0. The lowest BCUT2D eigenvalue weighted by Crippen LogP contribution is -1.94. The van der Waals surface area contributed by atoms with Gasteiger partial charge in [-0.05, 0) is 19.8 Å². The molecule has 2 N–H and O–H groups in total. The van der Waals surface area contributed by atoms with Crippen LogP contribution in [0.3, 0.4) is 0 Å². The average Bonchev–Trinajstić information content (AvgIpc) is 2.22. The number of nitrogens with zero attached hydrogens (tertiary/aromatic N) is 2. The molecule has 0 spiro atoms. The maximum Gasteiger partial charge on any atom is 0.0811 e. The summed E-state index contributed by atoms with van der Waals surface area (Å²) in [7, 11) is 0. The molecule has 1 rings (SSSR count). The number of hydrogen-bond donors (Lipinski definition) is 1. The maximum absolute atomic E-state index is 4.81. The minimum atomic E-state index is 0.134. The van der Waals surface area contributed by atoms with Crippen molar-refractivity contribution in [2.24, 2.45) is 16.2 Å². The fourth-order valence-corrected chi connectivity index (χ4v) is 0.420. The molecule has 7 heavy (non-hydrogen) atoms. The van der Waals surface area contributed by atoms with Crippen LogP contribution in [-0.4, -0.2) is 5.54 Å². The third kappa shape index (κ3) is 0.885. The van der Waals surface area contributed by atoms with Crippen molar-refractivity contribution in [1.82, 2.24) is 0 Å². The Morgan fingerprint density at radius 3 is 2.29 bits per heavy atom. The number of nitrogens with two attached hydrogens (primary N) is 1. The molecule has 40 valence electrons. The van der Waals surface area contributed by atoms with E-state index in [0.717, 1.165) is 12.8 Å². The van der Waals surface area contributed by atoms with Gasteiger partial charge in [0.1, 0.15) is 0 Å². The van der Waals surface area contributed by atoms with E-state index in [4.69, 9.17) is 5.84 Å². The van der Waals surface area contributed by atoms with Gasteiger partial charge in [0.15, 0.2) is 0 Å². The molecule has 1 saturated carbocycles. The second kappa shape index (κ2) is 1.18. The van der Waals surface area contributed by atoms with E-state index < -0.39 is 0 Å². The molecule has 1 fully saturated rings. The van der Waals surface area contributed by atoms with Crippen molar-refractivity contribution >= 4 is 0 Å². The molecule has 0 saturated heterocycles. The van der Waals surface area contributed by atoms with Crippen LogP contribution in [0.1, 0.15) is 19.8 Å². The normalized spacial score (nSPS) is 25.9. The first-order valence-electron chi connectivity index (χ1n) is 2.39. The molecule has 0 unspecified atom stereocenters. The van der Waals surface area contributed by atoms with E-state index >= 15 is 0 Å². The molecule has 1 aliphatic carbocycles. The lowest BCUT2D eigenvalue weighted by Gasteiger charge is -1.90. The monoisotopic (exact) mass is 99.1 g/mol. The zero-order valence-corrected chi connectivity index (χ0v) is 4.39. The van der Waals surface area contributed by atoms with Crippen molar-refractivity contribution in [3.63, 3.8) is 0 Å². The Morgan fingerprint density at radius 1 is 1.57 bits per heavy atom. The van der Waals surface area contributed by atoms with E-state index in [-0.39, 0.29) is 5.54 Å². The van der Waals surface area contributed by atoms with E-state index in [1.807, 2.05) is 6.92 Å². The van der Waals surface area contributed by atoms with E-state index in [2.05, 4.69) is 10.3 Å². The molecule has 0 heterocycles. The van der Waals surface area contributed by atoms with E-state index in [0.29, 0.717) is 0 Å². The topological polar surface area (TPSA) is 50.7 Å². The first-order valence-corrected chi connectivity index (χ1v) is 2.39. The molecule has 0 aromatic carbocycles. The standard InChI is InChI=1S/C4H9N3/c1-4(2-3-4)6-7-5/h2-3H2,1H3,(H2,5,6). The van der Waals surface area contributed by atoms with Crippen molar-refractivity contribution in [2.75, 3.05) is 0 Å². The van der Waals surface area contributed by atoms with Crippen LogP contribution in [0.2, 0.25) is 0 Å². The van der Waals surface area contributed by atoms with Crippen LogP contribution in [0.15, 0.2) is 10.3 Å². The van der Waals surface area contributed by atoms with Crippen molar-refractivity contribution in [3.05, 3.63) is 0 Å². The molecule has 0 atom stereocenters. The van der Waals surface area contributed by atoms with Crippen LogP contribution >= 0.6 is 0 Å². The summed E-state index contributed by atoms with van der Waals surface area (Å²) < 4.78 is 0. The van der Waals surface area contributed by atoms with Gasteiger partial charge in [-0.3, -0.25) is 0 Å². The second-order valence-electron chi connectivity index (χ2n) is 2.21. The molecule has 0 aromatic rings.